The minimum absolute atomic E-state index is 0.0542. The fourth-order valence-electron chi connectivity index (χ4n) is 3.53. The van der Waals surface area contributed by atoms with Crippen molar-refractivity contribution in [1.82, 2.24) is 9.78 Å². The summed E-state index contributed by atoms with van der Waals surface area (Å²) in [7, 11) is 0. The SMILES string of the molecule is CSc1ccccc1-c1nn(-c2ccccc2[N+](=O)[O-])c2c1CCCCN2. The lowest BCUT2D eigenvalue weighted by Gasteiger charge is -2.09. The molecule has 4 rings (SSSR count). The van der Waals surface area contributed by atoms with Gasteiger partial charge in [0.1, 0.15) is 11.5 Å². The molecule has 7 heteroatoms. The Labute approximate surface area is 161 Å². The van der Waals surface area contributed by atoms with Crippen LogP contribution < -0.4 is 5.32 Å². The van der Waals surface area contributed by atoms with E-state index in [1.807, 2.05) is 18.2 Å². The first-order valence-corrected chi connectivity index (χ1v) is 10.2. The van der Waals surface area contributed by atoms with Gasteiger partial charge in [0.25, 0.3) is 5.69 Å². The van der Waals surface area contributed by atoms with Gasteiger partial charge in [-0.3, -0.25) is 10.1 Å². The molecule has 1 aliphatic heterocycles. The average Bonchev–Trinajstić information content (AvgIpc) is 2.88. The molecule has 2 aromatic carbocycles. The summed E-state index contributed by atoms with van der Waals surface area (Å²) in [6.45, 7) is 0.836. The molecule has 27 heavy (non-hydrogen) atoms. The van der Waals surface area contributed by atoms with E-state index in [0.717, 1.165) is 53.3 Å². The molecule has 0 unspecified atom stereocenters. The molecule has 0 atom stereocenters. The lowest BCUT2D eigenvalue weighted by atomic mass is 10.0. The van der Waals surface area contributed by atoms with Crippen LogP contribution in [0.15, 0.2) is 53.4 Å². The molecule has 0 fully saturated rings. The quantitative estimate of drug-likeness (QED) is 0.395. The number of nitrogens with zero attached hydrogens (tertiary/aromatic N) is 3. The van der Waals surface area contributed by atoms with E-state index in [9.17, 15) is 10.1 Å². The topological polar surface area (TPSA) is 73.0 Å². The largest absolute Gasteiger partial charge is 0.370 e. The van der Waals surface area contributed by atoms with E-state index >= 15 is 0 Å². The Morgan fingerprint density at radius 1 is 1.15 bits per heavy atom. The second kappa shape index (κ2) is 7.44. The summed E-state index contributed by atoms with van der Waals surface area (Å²) >= 11 is 1.68. The minimum atomic E-state index is -0.352. The van der Waals surface area contributed by atoms with Gasteiger partial charge in [0.05, 0.1) is 10.6 Å². The van der Waals surface area contributed by atoms with Crippen LogP contribution in [0.3, 0.4) is 0 Å². The van der Waals surface area contributed by atoms with E-state index in [-0.39, 0.29) is 10.6 Å². The minimum Gasteiger partial charge on any atom is -0.370 e. The van der Waals surface area contributed by atoms with Gasteiger partial charge >= 0.3 is 0 Å². The number of anilines is 1. The molecule has 2 heterocycles. The smallest absolute Gasteiger partial charge is 0.294 e. The maximum absolute atomic E-state index is 11.5. The van der Waals surface area contributed by atoms with Gasteiger partial charge in [0.15, 0.2) is 0 Å². The van der Waals surface area contributed by atoms with E-state index in [1.165, 1.54) is 6.07 Å². The fraction of sp³-hybridized carbons (Fsp3) is 0.250. The highest BCUT2D eigenvalue weighted by Gasteiger charge is 2.26. The third-order valence-electron chi connectivity index (χ3n) is 4.80. The number of fused-ring (bicyclic) bond motifs is 1. The van der Waals surface area contributed by atoms with Crippen molar-refractivity contribution in [1.29, 1.82) is 0 Å². The van der Waals surface area contributed by atoms with E-state index in [0.29, 0.717) is 5.69 Å². The maximum atomic E-state index is 11.5. The van der Waals surface area contributed by atoms with Crippen LogP contribution in [0.4, 0.5) is 11.5 Å². The molecule has 1 aliphatic rings. The third-order valence-corrected chi connectivity index (χ3v) is 5.59. The summed E-state index contributed by atoms with van der Waals surface area (Å²) in [5.74, 6) is 0.868. The highest BCUT2D eigenvalue weighted by Crippen LogP contribution is 2.38. The van der Waals surface area contributed by atoms with Crippen LogP contribution in [0, 0.1) is 10.1 Å². The van der Waals surface area contributed by atoms with E-state index in [1.54, 1.807) is 28.6 Å². The molecular formula is C20H20N4O2S. The van der Waals surface area contributed by atoms with Crippen LogP contribution in [0.1, 0.15) is 18.4 Å². The van der Waals surface area contributed by atoms with Crippen LogP contribution in [-0.2, 0) is 6.42 Å². The van der Waals surface area contributed by atoms with Crippen LogP contribution in [-0.4, -0.2) is 27.5 Å². The number of hydrogen-bond donors (Lipinski definition) is 1. The Morgan fingerprint density at radius 3 is 2.74 bits per heavy atom. The van der Waals surface area contributed by atoms with Gasteiger partial charge in [-0.25, -0.2) is 4.68 Å². The molecular weight excluding hydrogens is 360 g/mol. The molecule has 0 amide bonds. The predicted octanol–water partition coefficient (Wildman–Crippen LogP) is 4.92. The average molecular weight is 380 g/mol. The Kier molecular flexibility index (Phi) is 4.85. The normalized spacial score (nSPS) is 13.5. The lowest BCUT2D eigenvalue weighted by molar-refractivity contribution is -0.384. The summed E-state index contributed by atoms with van der Waals surface area (Å²) in [4.78, 5) is 12.3. The standard InChI is InChI=1S/C20H20N4O2S/c1-27-18-12-5-2-8-14(18)19-15-9-6-7-13-21-20(15)23(22-19)16-10-3-4-11-17(16)24(25)26/h2-5,8,10-12,21H,6-7,9,13H2,1H3. The number of hydrogen-bond acceptors (Lipinski definition) is 5. The second-order valence-corrected chi connectivity index (χ2v) is 7.27. The summed E-state index contributed by atoms with van der Waals surface area (Å²) in [6.07, 6.45) is 5.09. The van der Waals surface area contributed by atoms with Gasteiger partial charge in [-0.2, -0.15) is 5.10 Å². The molecule has 0 radical (unpaired) electrons. The van der Waals surface area contributed by atoms with Gasteiger partial charge in [-0.15, -0.1) is 11.8 Å². The number of nitro benzene ring substituents is 1. The van der Waals surface area contributed by atoms with Gasteiger partial charge in [0, 0.05) is 28.6 Å². The number of para-hydroxylation sites is 2. The first-order valence-electron chi connectivity index (χ1n) is 8.93. The third kappa shape index (κ3) is 3.19. The van der Waals surface area contributed by atoms with Gasteiger partial charge in [0.2, 0.25) is 0 Å². The molecule has 1 N–H and O–H groups in total. The Hall–Kier alpha value is -2.80. The molecule has 3 aromatic rings. The Bertz CT molecular complexity index is 999. The Balaban J connectivity index is 1.97. The maximum Gasteiger partial charge on any atom is 0.294 e. The van der Waals surface area contributed by atoms with Gasteiger partial charge in [-0.1, -0.05) is 30.3 Å². The zero-order chi connectivity index (χ0) is 18.8. The van der Waals surface area contributed by atoms with Gasteiger partial charge < -0.3 is 5.32 Å². The van der Waals surface area contributed by atoms with Crippen LogP contribution >= 0.6 is 11.8 Å². The number of aromatic nitrogens is 2. The summed E-state index contributed by atoms with van der Waals surface area (Å²) in [6, 6.07) is 15.0. The second-order valence-electron chi connectivity index (χ2n) is 6.42. The van der Waals surface area contributed by atoms with Crippen LogP contribution in [0.2, 0.25) is 0 Å². The van der Waals surface area contributed by atoms with Crippen molar-refractivity contribution in [3.63, 3.8) is 0 Å². The van der Waals surface area contributed by atoms with Crippen molar-refractivity contribution >= 4 is 23.3 Å². The molecule has 1 aromatic heterocycles. The lowest BCUT2D eigenvalue weighted by Crippen LogP contribution is -2.08. The fourth-order valence-corrected chi connectivity index (χ4v) is 4.13. The number of thioether (sulfide) groups is 1. The van der Waals surface area contributed by atoms with Crippen molar-refractivity contribution in [2.24, 2.45) is 0 Å². The monoisotopic (exact) mass is 380 g/mol. The van der Waals surface area contributed by atoms with E-state index in [4.69, 9.17) is 5.10 Å². The van der Waals surface area contributed by atoms with Crippen molar-refractivity contribution in [2.45, 2.75) is 24.2 Å². The highest BCUT2D eigenvalue weighted by molar-refractivity contribution is 7.98. The number of nitrogens with one attached hydrogen (secondary N) is 1. The number of rotatable bonds is 4. The molecule has 138 valence electrons. The summed E-state index contributed by atoms with van der Waals surface area (Å²) in [5, 5.41) is 19.9. The summed E-state index contributed by atoms with van der Waals surface area (Å²) < 4.78 is 1.71. The first kappa shape index (κ1) is 17.6. The number of nitro groups is 1. The molecule has 6 nitrogen and oxygen atoms in total. The van der Waals surface area contributed by atoms with Crippen molar-refractivity contribution in [3.05, 3.63) is 64.2 Å². The molecule has 0 bridgehead atoms. The van der Waals surface area contributed by atoms with E-state index < -0.39 is 0 Å². The molecule has 0 spiro atoms. The molecule has 0 saturated heterocycles. The first-order chi connectivity index (χ1) is 13.2. The van der Waals surface area contributed by atoms with Crippen molar-refractivity contribution in [2.75, 3.05) is 18.1 Å². The summed E-state index contributed by atoms with van der Waals surface area (Å²) in [5.41, 5.74) is 3.65. The van der Waals surface area contributed by atoms with E-state index in [2.05, 4.69) is 23.7 Å². The van der Waals surface area contributed by atoms with Crippen LogP contribution in [0.5, 0.6) is 0 Å². The van der Waals surface area contributed by atoms with Crippen LogP contribution in [0.25, 0.3) is 16.9 Å². The highest BCUT2D eigenvalue weighted by atomic mass is 32.2. The predicted molar refractivity (Wildman–Crippen MR) is 109 cm³/mol. The zero-order valence-electron chi connectivity index (χ0n) is 15.0. The zero-order valence-corrected chi connectivity index (χ0v) is 15.8. The van der Waals surface area contributed by atoms with Gasteiger partial charge in [-0.05, 0) is 37.7 Å². The Morgan fingerprint density at radius 2 is 1.93 bits per heavy atom. The van der Waals surface area contributed by atoms with Crippen molar-refractivity contribution < 1.29 is 4.92 Å². The molecule has 0 saturated carbocycles. The van der Waals surface area contributed by atoms with Crippen molar-refractivity contribution in [3.8, 4) is 16.9 Å². The molecule has 0 aliphatic carbocycles. The number of benzene rings is 2.